The lowest BCUT2D eigenvalue weighted by molar-refractivity contribution is -0.384. The number of piperidine rings is 1. The molecule has 110 valence electrons. The van der Waals surface area contributed by atoms with Crippen molar-refractivity contribution in [2.24, 2.45) is 0 Å². The standard InChI is InChI=1S/C14H16N4O3/c1-14(7-2-8-15-9-14)13-16-12(17-21-13)10-3-5-11(6-4-10)18(19)20/h3-6,15H,2,7-9H2,1H3. The summed E-state index contributed by atoms with van der Waals surface area (Å²) < 4.78 is 5.40. The van der Waals surface area contributed by atoms with E-state index in [4.69, 9.17) is 4.52 Å². The maximum Gasteiger partial charge on any atom is 0.269 e. The van der Waals surface area contributed by atoms with Crippen LogP contribution in [0.25, 0.3) is 11.4 Å². The van der Waals surface area contributed by atoms with Gasteiger partial charge >= 0.3 is 0 Å². The van der Waals surface area contributed by atoms with Crippen LogP contribution in [0.4, 0.5) is 5.69 Å². The molecule has 0 bridgehead atoms. The smallest absolute Gasteiger partial charge is 0.269 e. The van der Waals surface area contributed by atoms with E-state index in [0.29, 0.717) is 17.3 Å². The summed E-state index contributed by atoms with van der Waals surface area (Å²) in [7, 11) is 0. The molecule has 0 radical (unpaired) electrons. The molecule has 1 aromatic carbocycles. The Balaban J connectivity index is 1.85. The normalized spacial score (nSPS) is 22.1. The first-order valence-electron chi connectivity index (χ1n) is 6.88. The van der Waals surface area contributed by atoms with Gasteiger partial charge in [-0.15, -0.1) is 0 Å². The average Bonchev–Trinajstić information content (AvgIpc) is 2.99. The second-order valence-electron chi connectivity index (χ2n) is 5.57. The monoisotopic (exact) mass is 288 g/mol. The molecule has 0 spiro atoms. The van der Waals surface area contributed by atoms with Crippen molar-refractivity contribution < 1.29 is 9.45 Å². The summed E-state index contributed by atoms with van der Waals surface area (Å²) in [6.07, 6.45) is 2.08. The van der Waals surface area contributed by atoms with Gasteiger partial charge in [0, 0.05) is 24.2 Å². The average molecular weight is 288 g/mol. The maximum atomic E-state index is 10.7. The Bertz CT molecular complexity index is 644. The Kier molecular flexibility index (Phi) is 3.42. The molecule has 2 aromatic rings. The van der Waals surface area contributed by atoms with Crippen LogP contribution in [-0.4, -0.2) is 28.2 Å². The molecule has 7 heteroatoms. The van der Waals surface area contributed by atoms with Crippen molar-refractivity contribution in [2.75, 3.05) is 13.1 Å². The number of nitrogens with zero attached hydrogens (tertiary/aromatic N) is 3. The summed E-state index contributed by atoms with van der Waals surface area (Å²) >= 11 is 0. The molecule has 1 aliphatic heterocycles. The number of nitro groups is 1. The van der Waals surface area contributed by atoms with E-state index < -0.39 is 4.92 Å². The van der Waals surface area contributed by atoms with Gasteiger partial charge in [-0.25, -0.2) is 0 Å². The van der Waals surface area contributed by atoms with E-state index in [1.165, 1.54) is 12.1 Å². The fourth-order valence-electron chi connectivity index (χ4n) is 2.56. The molecular formula is C14H16N4O3. The van der Waals surface area contributed by atoms with Crippen molar-refractivity contribution in [1.82, 2.24) is 15.5 Å². The largest absolute Gasteiger partial charge is 0.338 e. The van der Waals surface area contributed by atoms with Gasteiger partial charge in [0.2, 0.25) is 11.7 Å². The minimum absolute atomic E-state index is 0.0471. The minimum atomic E-state index is -0.430. The van der Waals surface area contributed by atoms with Crippen molar-refractivity contribution >= 4 is 5.69 Å². The number of non-ortho nitro benzene ring substituents is 1. The lowest BCUT2D eigenvalue weighted by atomic mass is 9.83. The number of aromatic nitrogens is 2. The van der Waals surface area contributed by atoms with Gasteiger partial charge in [0.25, 0.3) is 5.69 Å². The molecule has 1 atom stereocenters. The second kappa shape index (κ2) is 5.25. The highest BCUT2D eigenvalue weighted by molar-refractivity contribution is 5.56. The number of benzene rings is 1. The van der Waals surface area contributed by atoms with E-state index in [-0.39, 0.29) is 11.1 Å². The lowest BCUT2D eigenvalue weighted by Gasteiger charge is -2.30. The Morgan fingerprint density at radius 2 is 2.14 bits per heavy atom. The fourth-order valence-corrected chi connectivity index (χ4v) is 2.56. The van der Waals surface area contributed by atoms with E-state index in [0.717, 1.165) is 25.9 Å². The Labute approximate surface area is 121 Å². The highest BCUT2D eigenvalue weighted by atomic mass is 16.6. The first-order chi connectivity index (χ1) is 10.1. The van der Waals surface area contributed by atoms with Crippen molar-refractivity contribution in [3.63, 3.8) is 0 Å². The van der Waals surface area contributed by atoms with E-state index in [2.05, 4.69) is 22.4 Å². The van der Waals surface area contributed by atoms with Crippen molar-refractivity contribution in [3.8, 4) is 11.4 Å². The predicted octanol–water partition coefficient (Wildman–Crippen LogP) is 2.29. The molecule has 1 aliphatic rings. The van der Waals surface area contributed by atoms with Gasteiger partial charge in [-0.3, -0.25) is 10.1 Å². The predicted molar refractivity (Wildman–Crippen MR) is 75.8 cm³/mol. The zero-order valence-corrected chi connectivity index (χ0v) is 11.7. The molecule has 2 heterocycles. The van der Waals surface area contributed by atoms with Crippen molar-refractivity contribution in [3.05, 3.63) is 40.3 Å². The molecule has 0 amide bonds. The summed E-state index contributed by atoms with van der Waals surface area (Å²) in [6.45, 7) is 3.93. The lowest BCUT2D eigenvalue weighted by Crippen LogP contribution is -2.41. The molecular weight excluding hydrogens is 272 g/mol. The molecule has 21 heavy (non-hydrogen) atoms. The zero-order valence-electron chi connectivity index (χ0n) is 11.7. The molecule has 1 saturated heterocycles. The van der Waals surface area contributed by atoms with Crippen LogP contribution >= 0.6 is 0 Å². The molecule has 1 fully saturated rings. The second-order valence-corrected chi connectivity index (χ2v) is 5.57. The minimum Gasteiger partial charge on any atom is -0.338 e. The van der Waals surface area contributed by atoms with Gasteiger partial charge in [0.1, 0.15) is 0 Å². The number of nitro benzene ring substituents is 1. The summed E-state index contributed by atoms with van der Waals surface area (Å²) in [5, 5.41) is 18.0. The van der Waals surface area contributed by atoms with Gasteiger partial charge in [-0.2, -0.15) is 4.98 Å². The van der Waals surface area contributed by atoms with Gasteiger partial charge < -0.3 is 9.84 Å². The Morgan fingerprint density at radius 1 is 1.38 bits per heavy atom. The molecule has 1 unspecified atom stereocenters. The molecule has 1 N–H and O–H groups in total. The highest BCUT2D eigenvalue weighted by Crippen LogP contribution is 2.31. The third-order valence-electron chi connectivity index (χ3n) is 3.88. The topological polar surface area (TPSA) is 94.1 Å². The number of hydrogen-bond donors (Lipinski definition) is 1. The molecule has 0 aliphatic carbocycles. The van der Waals surface area contributed by atoms with Crippen LogP contribution in [0.15, 0.2) is 28.8 Å². The zero-order chi connectivity index (χ0) is 14.9. The van der Waals surface area contributed by atoms with E-state index in [9.17, 15) is 10.1 Å². The summed E-state index contributed by atoms with van der Waals surface area (Å²) in [4.78, 5) is 14.7. The van der Waals surface area contributed by atoms with Gasteiger partial charge in [0.05, 0.1) is 10.3 Å². The van der Waals surface area contributed by atoms with Crippen LogP contribution in [0.2, 0.25) is 0 Å². The first-order valence-corrected chi connectivity index (χ1v) is 6.88. The maximum absolute atomic E-state index is 10.7. The first kappa shape index (κ1) is 13.7. The number of rotatable bonds is 3. The fraction of sp³-hybridized carbons (Fsp3) is 0.429. The van der Waals surface area contributed by atoms with Crippen LogP contribution in [0.1, 0.15) is 25.7 Å². The quantitative estimate of drug-likeness (QED) is 0.688. The highest BCUT2D eigenvalue weighted by Gasteiger charge is 2.34. The van der Waals surface area contributed by atoms with Gasteiger partial charge in [-0.05, 0) is 38.4 Å². The van der Waals surface area contributed by atoms with E-state index in [1.54, 1.807) is 12.1 Å². The van der Waals surface area contributed by atoms with Crippen molar-refractivity contribution in [2.45, 2.75) is 25.2 Å². The molecule has 7 nitrogen and oxygen atoms in total. The van der Waals surface area contributed by atoms with Crippen LogP contribution in [0.5, 0.6) is 0 Å². The summed E-state index contributed by atoms with van der Waals surface area (Å²) in [5.41, 5.74) is 0.610. The van der Waals surface area contributed by atoms with Gasteiger partial charge in [-0.1, -0.05) is 5.16 Å². The van der Waals surface area contributed by atoms with E-state index in [1.807, 2.05) is 0 Å². The van der Waals surface area contributed by atoms with Gasteiger partial charge in [0.15, 0.2) is 0 Å². The summed E-state index contributed by atoms with van der Waals surface area (Å²) in [6, 6.07) is 6.15. The number of hydrogen-bond acceptors (Lipinski definition) is 6. The summed E-state index contributed by atoms with van der Waals surface area (Å²) in [5.74, 6) is 1.08. The SMILES string of the molecule is CC1(c2nc(-c3ccc([N+](=O)[O-])cc3)no2)CCCNC1. The van der Waals surface area contributed by atoms with E-state index >= 15 is 0 Å². The van der Waals surface area contributed by atoms with Crippen LogP contribution in [-0.2, 0) is 5.41 Å². The van der Waals surface area contributed by atoms with Crippen LogP contribution < -0.4 is 5.32 Å². The third kappa shape index (κ3) is 2.64. The molecule has 1 aromatic heterocycles. The molecule has 0 saturated carbocycles. The Morgan fingerprint density at radius 3 is 2.76 bits per heavy atom. The van der Waals surface area contributed by atoms with Crippen LogP contribution in [0.3, 0.4) is 0 Å². The third-order valence-corrected chi connectivity index (χ3v) is 3.88. The van der Waals surface area contributed by atoms with Crippen molar-refractivity contribution in [1.29, 1.82) is 0 Å². The van der Waals surface area contributed by atoms with Crippen LogP contribution in [0, 0.1) is 10.1 Å². The number of nitrogens with one attached hydrogen (secondary N) is 1. The molecule has 3 rings (SSSR count). The Hall–Kier alpha value is -2.28.